The summed E-state index contributed by atoms with van der Waals surface area (Å²) < 4.78 is 0. The van der Waals surface area contributed by atoms with Crippen LogP contribution in [0.25, 0.3) is 0 Å². The lowest BCUT2D eigenvalue weighted by Gasteiger charge is -1.99. The number of benzene rings is 1. The van der Waals surface area contributed by atoms with Gasteiger partial charge in [0.2, 0.25) is 0 Å². The van der Waals surface area contributed by atoms with Crippen molar-refractivity contribution in [3.63, 3.8) is 0 Å². The Kier molecular flexibility index (Phi) is 2.67. The Morgan fingerprint density at radius 3 is 2.57 bits per heavy atom. The largest absolute Gasteiger partial charge is 0.237 e. The molecular formula is C12H10N2. The Morgan fingerprint density at radius 2 is 1.71 bits per heavy atom. The summed E-state index contributed by atoms with van der Waals surface area (Å²) in [6.45, 7) is 0. The van der Waals surface area contributed by atoms with Crippen LogP contribution in [0.1, 0.15) is 5.56 Å². The second-order valence-electron chi connectivity index (χ2n) is 2.82. The fourth-order valence-corrected chi connectivity index (χ4v) is 1.16. The maximum atomic E-state index is 4.24. The van der Waals surface area contributed by atoms with E-state index >= 15 is 0 Å². The van der Waals surface area contributed by atoms with Crippen LogP contribution < -0.4 is 0 Å². The Balaban J connectivity index is 2.35. The predicted molar refractivity (Wildman–Crippen MR) is 59.8 cm³/mol. The number of amidine groups is 1. The van der Waals surface area contributed by atoms with E-state index in [1.54, 1.807) is 12.4 Å². The maximum Gasteiger partial charge on any atom is 0.159 e. The molecule has 0 fully saturated rings. The summed E-state index contributed by atoms with van der Waals surface area (Å²) in [5.74, 6) is 0.742. The maximum absolute atomic E-state index is 4.24. The van der Waals surface area contributed by atoms with Crippen LogP contribution in [0.2, 0.25) is 0 Å². The summed E-state index contributed by atoms with van der Waals surface area (Å²) in [6.07, 6.45) is 9.15. The molecule has 0 bridgehead atoms. The van der Waals surface area contributed by atoms with Gasteiger partial charge in [-0.05, 0) is 12.2 Å². The molecule has 0 unspecified atom stereocenters. The number of hydrogen-bond donors (Lipinski definition) is 0. The van der Waals surface area contributed by atoms with Crippen LogP contribution in [0.4, 0.5) is 0 Å². The van der Waals surface area contributed by atoms with Crippen molar-refractivity contribution < 1.29 is 0 Å². The van der Waals surface area contributed by atoms with Crippen molar-refractivity contribution in [3.8, 4) is 0 Å². The molecule has 68 valence electrons. The predicted octanol–water partition coefficient (Wildman–Crippen LogP) is 2.59. The number of nitrogens with zero attached hydrogens (tertiary/aromatic N) is 2. The van der Waals surface area contributed by atoms with Crippen LogP contribution in [0.15, 0.2) is 64.7 Å². The number of aliphatic imine (C=N–C) groups is 2. The summed E-state index contributed by atoms with van der Waals surface area (Å²) >= 11 is 0. The van der Waals surface area contributed by atoms with E-state index in [4.69, 9.17) is 0 Å². The molecule has 0 atom stereocenters. The highest BCUT2D eigenvalue weighted by molar-refractivity contribution is 6.04. The molecule has 0 aromatic heterocycles. The fourth-order valence-electron chi connectivity index (χ4n) is 1.16. The molecule has 0 aliphatic carbocycles. The van der Waals surface area contributed by atoms with Crippen LogP contribution in [-0.2, 0) is 0 Å². The van der Waals surface area contributed by atoms with E-state index < -0.39 is 0 Å². The number of rotatable bonds is 1. The Hall–Kier alpha value is -1.96. The third-order valence-corrected chi connectivity index (χ3v) is 1.82. The van der Waals surface area contributed by atoms with Crippen molar-refractivity contribution in [2.45, 2.75) is 0 Å². The lowest BCUT2D eigenvalue weighted by molar-refractivity contribution is 1.46. The summed E-state index contributed by atoms with van der Waals surface area (Å²) in [4.78, 5) is 8.48. The lowest BCUT2D eigenvalue weighted by Crippen LogP contribution is -1.96. The molecule has 0 N–H and O–H groups in total. The minimum absolute atomic E-state index is 0.742. The van der Waals surface area contributed by atoms with E-state index in [0.717, 1.165) is 11.4 Å². The van der Waals surface area contributed by atoms with Gasteiger partial charge in [0, 0.05) is 18.0 Å². The smallest absolute Gasteiger partial charge is 0.159 e. The van der Waals surface area contributed by atoms with Gasteiger partial charge in [-0.3, -0.25) is 0 Å². The average Bonchev–Trinajstić information content (AvgIpc) is 2.18. The van der Waals surface area contributed by atoms with Crippen molar-refractivity contribution in [1.29, 1.82) is 0 Å². The Morgan fingerprint density at radius 1 is 0.857 bits per heavy atom. The number of hydrogen-bond acceptors (Lipinski definition) is 2. The summed E-state index contributed by atoms with van der Waals surface area (Å²) in [5.41, 5.74) is 1.03. The highest BCUT2D eigenvalue weighted by atomic mass is 14.9. The minimum Gasteiger partial charge on any atom is -0.237 e. The first kappa shape index (κ1) is 8.63. The standard InChI is InChI=1S/C12H10N2/c1-3-7-11(8-4-1)12-13-9-5-2-6-10-14-12/h1-10H. The minimum atomic E-state index is 0.742. The molecule has 1 aliphatic rings. The first-order valence-corrected chi connectivity index (χ1v) is 4.46. The fraction of sp³-hybridized carbons (Fsp3) is 0. The normalized spacial score (nSPS) is 14.7. The van der Waals surface area contributed by atoms with E-state index in [9.17, 15) is 0 Å². The van der Waals surface area contributed by atoms with Gasteiger partial charge < -0.3 is 0 Å². The van der Waals surface area contributed by atoms with Gasteiger partial charge in [0.25, 0.3) is 0 Å². The van der Waals surface area contributed by atoms with Crippen molar-refractivity contribution in [1.82, 2.24) is 0 Å². The SMILES string of the molecule is C1=CC=NC(c2ccccc2)=NC=C1. The summed E-state index contributed by atoms with van der Waals surface area (Å²) in [7, 11) is 0. The molecule has 2 heteroatoms. The van der Waals surface area contributed by atoms with Gasteiger partial charge in [-0.1, -0.05) is 36.4 Å². The Labute approximate surface area is 83.0 Å². The van der Waals surface area contributed by atoms with Gasteiger partial charge in [-0.25, -0.2) is 9.98 Å². The molecule has 0 saturated heterocycles. The monoisotopic (exact) mass is 182 g/mol. The molecule has 0 radical (unpaired) electrons. The van der Waals surface area contributed by atoms with Gasteiger partial charge in [-0.2, -0.15) is 0 Å². The molecule has 1 aromatic rings. The lowest BCUT2D eigenvalue weighted by atomic mass is 10.2. The molecule has 14 heavy (non-hydrogen) atoms. The molecule has 2 rings (SSSR count). The zero-order chi connectivity index (χ0) is 9.64. The topological polar surface area (TPSA) is 24.7 Å². The second kappa shape index (κ2) is 4.33. The summed E-state index contributed by atoms with van der Waals surface area (Å²) in [6, 6.07) is 9.93. The molecular weight excluding hydrogens is 172 g/mol. The van der Waals surface area contributed by atoms with E-state index in [-0.39, 0.29) is 0 Å². The molecule has 0 amide bonds. The van der Waals surface area contributed by atoms with Crippen LogP contribution in [0.3, 0.4) is 0 Å². The zero-order valence-electron chi connectivity index (χ0n) is 7.67. The molecule has 1 aliphatic heterocycles. The van der Waals surface area contributed by atoms with Crippen LogP contribution in [0.5, 0.6) is 0 Å². The van der Waals surface area contributed by atoms with Crippen LogP contribution in [-0.4, -0.2) is 12.1 Å². The zero-order valence-corrected chi connectivity index (χ0v) is 7.67. The van der Waals surface area contributed by atoms with Gasteiger partial charge in [-0.15, -0.1) is 0 Å². The first-order chi connectivity index (χ1) is 6.97. The second-order valence-corrected chi connectivity index (χ2v) is 2.82. The van der Waals surface area contributed by atoms with Crippen molar-refractivity contribution in [2.24, 2.45) is 9.98 Å². The molecule has 2 nitrogen and oxygen atoms in total. The molecule has 0 spiro atoms. The van der Waals surface area contributed by atoms with Crippen LogP contribution >= 0.6 is 0 Å². The van der Waals surface area contributed by atoms with E-state index in [2.05, 4.69) is 9.98 Å². The quantitative estimate of drug-likeness (QED) is 0.637. The van der Waals surface area contributed by atoms with Crippen molar-refractivity contribution in [3.05, 3.63) is 60.3 Å². The average molecular weight is 182 g/mol. The highest BCUT2D eigenvalue weighted by Gasteiger charge is 1.97. The van der Waals surface area contributed by atoms with Gasteiger partial charge in [0.15, 0.2) is 5.84 Å². The van der Waals surface area contributed by atoms with E-state index in [1.165, 1.54) is 0 Å². The molecule has 1 aromatic carbocycles. The first-order valence-electron chi connectivity index (χ1n) is 4.46. The molecule has 0 saturated carbocycles. The Bertz CT molecular complexity index is 411. The molecule has 1 heterocycles. The van der Waals surface area contributed by atoms with Gasteiger partial charge in [0.05, 0.1) is 0 Å². The summed E-state index contributed by atoms with van der Waals surface area (Å²) in [5, 5.41) is 0. The third kappa shape index (κ3) is 2.04. The number of allylic oxidation sites excluding steroid dienone is 3. The van der Waals surface area contributed by atoms with E-state index in [0.29, 0.717) is 0 Å². The van der Waals surface area contributed by atoms with Crippen molar-refractivity contribution >= 4 is 12.1 Å². The third-order valence-electron chi connectivity index (χ3n) is 1.82. The highest BCUT2D eigenvalue weighted by Crippen LogP contribution is 2.03. The van der Waals surface area contributed by atoms with Crippen molar-refractivity contribution in [2.75, 3.05) is 0 Å². The van der Waals surface area contributed by atoms with E-state index in [1.807, 2.05) is 48.6 Å². The van der Waals surface area contributed by atoms with Crippen LogP contribution in [0, 0.1) is 0 Å². The van der Waals surface area contributed by atoms with Gasteiger partial charge >= 0.3 is 0 Å². The van der Waals surface area contributed by atoms with Gasteiger partial charge in [0.1, 0.15) is 0 Å².